The second-order valence-electron chi connectivity index (χ2n) is 7.03. The van der Waals surface area contributed by atoms with Crippen LogP contribution in [0.15, 0.2) is 18.2 Å². The number of rotatable bonds is 4. The third-order valence-corrected chi connectivity index (χ3v) is 5.83. The minimum Gasteiger partial charge on any atom is -0.379 e. The molecule has 2 fully saturated rings. The van der Waals surface area contributed by atoms with Crippen LogP contribution in [0.2, 0.25) is 5.02 Å². The number of piperidine rings is 1. The third kappa shape index (κ3) is 4.72. The first-order chi connectivity index (χ1) is 12.0. The van der Waals surface area contributed by atoms with Crippen LogP contribution in [0.1, 0.15) is 25.3 Å². The summed E-state index contributed by atoms with van der Waals surface area (Å²) in [6, 6.07) is 5.03. The van der Waals surface area contributed by atoms with E-state index in [-0.39, 0.29) is 17.4 Å². The summed E-state index contributed by atoms with van der Waals surface area (Å²) in [6.45, 7) is 7.55. The molecule has 25 heavy (non-hydrogen) atoms. The van der Waals surface area contributed by atoms with Crippen LogP contribution >= 0.6 is 11.6 Å². The predicted molar refractivity (Wildman–Crippen MR) is 96.3 cm³/mol. The molecular weight excluding hydrogens is 343 g/mol. The van der Waals surface area contributed by atoms with Crippen LogP contribution in [0.25, 0.3) is 0 Å². The molecule has 2 saturated heterocycles. The number of benzene rings is 1. The summed E-state index contributed by atoms with van der Waals surface area (Å²) in [4.78, 5) is 16.9. The number of hydrogen-bond acceptors (Lipinski definition) is 3. The highest BCUT2D eigenvalue weighted by atomic mass is 35.5. The highest BCUT2D eigenvalue weighted by Gasteiger charge is 2.30. The normalized spacial score (nSPS) is 21.3. The predicted octanol–water partition coefficient (Wildman–Crippen LogP) is 2.98. The Kier molecular flexibility index (Phi) is 6.31. The Morgan fingerprint density at radius 3 is 2.60 bits per heavy atom. The van der Waals surface area contributed by atoms with E-state index in [1.165, 1.54) is 6.07 Å². The van der Waals surface area contributed by atoms with Gasteiger partial charge in [0.15, 0.2) is 0 Å². The van der Waals surface area contributed by atoms with Gasteiger partial charge in [-0.1, -0.05) is 17.7 Å². The zero-order valence-corrected chi connectivity index (χ0v) is 15.5. The summed E-state index contributed by atoms with van der Waals surface area (Å²) in [6.07, 6.45) is 2.35. The van der Waals surface area contributed by atoms with Gasteiger partial charge in [-0.25, -0.2) is 4.39 Å². The number of nitrogens with zero attached hydrogens (tertiary/aromatic N) is 2. The highest BCUT2D eigenvalue weighted by molar-refractivity contribution is 6.30. The van der Waals surface area contributed by atoms with Gasteiger partial charge in [-0.05, 0) is 43.4 Å². The average Bonchev–Trinajstić information content (AvgIpc) is 2.65. The van der Waals surface area contributed by atoms with Crippen molar-refractivity contribution in [3.05, 3.63) is 34.6 Å². The first kappa shape index (κ1) is 18.6. The van der Waals surface area contributed by atoms with E-state index in [9.17, 15) is 9.18 Å². The lowest BCUT2D eigenvalue weighted by Gasteiger charge is -2.41. The van der Waals surface area contributed by atoms with Crippen molar-refractivity contribution in [2.75, 3.05) is 39.4 Å². The Morgan fingerprint density at radius 2 is 1.96 bits per heavy atom. The molecule has 2 aliphatic heterocycles. The van der Waals surface area contributed by atoms with Crippen molar-refractivity contribution in [1.82, 2.24) is 9.80 Å². The molecule has 1 atom stereocenters. The van der Waals surface area contributed by atoms with Crippen molar-refractivity contribution in [2.24, 2.45) is 5.92 Å². The molecule has 2 heterocycles. The molecule has 0 bridgehead atoms. The second-order valence-corrected chi connectivity index (χ2v) is 7.44. The van der Waals surface area contributed by atoms with Gasteiger partial charge in [-0.3, -0.25) is 9.69 Å². The average molecular weight is 369 g/mol. The number of carbonyl (C=O) groups is 1. The zero-order valence-electron chi connectivity index (χ0n) is 14.7. The van der Waals surface area contributed by atoms with Gasteiger partial charge in [-0.15, -0.1) is 0 Å². The molecule has 0 saturated carbocycles. The molecule has 6 heteroatoms. The minimum atomic E-state index is -0.448. The maximum atomic E-state index is 13.2. The second kappa shape index (κ2) is 8.47. The molecular formula is C19H26ClFN2O2. The van der Waals surface area contributed by atoms with Crippen molar-refractivity contribution < 1.29 is 13.9 Å². The van der Waals surface area contributed by atoms with Crippen LogP contribution in [0.5, 0.6) is 0 Å². The Balaban J connectivity index is 1.49. The number of amides is 1. The van der Waals surface area contributed by atoms with E-state index >= 15 is 0 Å². The first-order valence-electron chi connectivity index (χ1n) is 9.08. The van der Waals surface area contributed by atoms with Crippen molar-refractivity contribution in [3.63, 3.8) is 0 Å². The Morgan fingerprint density at radius 1 is 1.28 bits per heavy atom. The quantitative estimate of drug-likeness (QED) is 0.819. The van der Waals surface area contributed by atoms with Crippen molar-refractivity contribution in [1.29, 1.82) is 0 Å². The molecule has 0 spiro atoms. The van der Waals surface area contributed by atoms with E-state index in [4.69, 9.17) is 16.3 Å². The topological polar surface area (TPSA) is 32.8 Å². The van der Waals surface area contributed by atoms with Gasteiger partial charge in [0.05, 0.1) is 24.7 Å². The number of halogens is 2. The molecule has 0 aromatic heterocycles. The smallest absolute Gasteiger partial charge is 0.226 e. The van der Waals surface area contributed by atoms with Gasteiger partial charge in [0, 0.05) is 32.2 Å². The maximum absolute atomic E-state index is 13.2. The molecule has 0 aliphatic carbocycles. The molecule has 3 rings (SSSR count). The molecule has 2 aliphatic rings. The first-order valence-corrected chi connectivity index (χ1v) is 9.46. The monoisotopic (exact) mass is 368 g/mol. The van der Waals surface area contributed by atoms with Crippen LogP contribution in [0, 0.1) is 11.7 Å². The van der Waals surface area contributed by atoms with Gasteiger partial charge in [0.25, 0.3) is 0 Å². The van der Waals surface area contributed by atoms with Crippen LogP contribution < -0.4 is 0 Å². The summed E-state index contributed by atoms with van der Waals surface area (Å²) in [5, 5.41) is 0.0725. The van der Waals surface area contributed by atoms with Crippen molar-refractivity contribution in [2.45, 2.75) is 32.2 Å². The lowest BCUT2D eigenvalue weighted by Crippen LogP contribution is -2.49. The molecule has 0 radical (unpaired) electrons. The summed E-state index contributed by atoms with van der Waals surface area (Å²) >= 11 is 5.80. The van der Waals surface area contributed by atoms with Gasteiger partial charge in [0.1, 0.15) is 5.82 Å². The number of likely N-dealkylation sites (tertiary alicyclic amines) is 1. The molecule has 1 amide bonds. The number of carbonyl (C=O) groups excluding carboxylic acids is 1. The fourth-order valence-corrected chi connectivity index (χ4v) is 4.05. The molecule has 0 N–H and O–H groups in total. The van der Waals surface area contributed by atoms with E-state index in [0.717, 1.165) is 57.8 Å². The van der Waals surface area contributed by atoms with Gasteiger partial charge >= 0.3 is 0 Å². The minimum absolute atomic E-state index is 0.0725. The number of morpholine rings is 1. The van der Waals surface area contributed by atoms with Crippen LogP contribution in [-0.4, -0.2) is 61.1 Å². The van der Waals surface area contributed by atoms with E-state index in [2.05, 4.69) is 11.8 Å². The molecule has 4 nitrogen and oxygen atoms in total. The number of ether oxygens (including phenoxy) is 1. The molecule has 1 aromatic carbocycles. The number of hydrogen-bond donors (Lipinski definition) is 0. The van der Waals surface area contributed by atoms with Gasteiger partial charge < -0.3 is 9.64 Å². The standard InChI is InChI=1S/C19H26ClFN2O2/c1-14(22-8-10-25-11-9-22)16-4-6-23(7-5-16)19(24)13-15-2-3-18(21)17(20)12-15/h2-3,12,14,16H,4-11,13H2,1H3. The fraction of sp³-hybridized carbons (Fsp3) is 0.632. The zero-order chi connectivity index (χ0) is 17.8. The van der Waals surface area contributed by atoms with Crippen molar-refractivity contribution in [3.8, 4) is 0 Å². The van der Waals surface area contributed by atoms with E-state index in [1.807, 2.05) is 4.90 Å². The Bertz CT molecular complexity index is 599. The fourth-order valence-electron chi connectivity index (χ4n) is 3.85. The summed E-state index contributed by atoms with van der Waals surface area (Å²) in [7, 11) is 0. The van der Waals surface area contributed by atoms with Crippen LogP contribution in [0.3, 0.4) is 0 Å². The molecule has 1 aromatic rings. The van der Waals surface area contributed by atoms with E-state index in [1.54, 1.807) is 12.1 Å². The summed E-state index contributed by atoms with van der Waals surface area (Å²) < 4.78 is 18.7. The van der Waals surface area contributed by atoms with Gasteiger partial charge in [0.2, 0.25) is 5.91 Å². The van der Waals surface area contributed by atoms with Crippen LogP contribution in [0.4, 0.5) is 4.39 Å². The summed E-state index contributed by atoms with van der Waals surface area (Å²) in [5.41, 5.74) is 0.764. The third-order valence-electron chi connectivity index (χ3n) is 5.54. The van der Waals surface area contributed by atoms with Gasteiger partial charge in [-0.2, -0.15) is 0 Å². The molecule has 1 unspecified atom stereocenters. The van der Waals surface area contributed by atoms with E-state index in [0.29, 0.717) is 12.0 Å². The largest absolute Gasteiger partial charge is 0.379 e. The Labute approximate surface area is 153 Å². The molecule has 138 valence electrons. The SMILES string of the molecule is CC(C1CCN(C(=O)Cc2ccc(F)c(Cl)c2)CC1)N1CCOCC1. The lowest BCUT2D eigenvalue weighted by atomic mass is 9.89. The summed E-state index contributed by atoms with van der Waals surface area (Å²) in [5.74, 6) is 0.276. The lowest BCUT2D eigenvalue weighted by molar-refractivity contribution is -0.132. The Hall–Kier alpha value is -1.17. The van der Waals surface area contributed by atoms with Crippen LogP contribution in [-0.2, 0) is 16.0 Å². The van der Waals surface area contributed by atoms with Crippen molar-refractivity contribution >= 4 is 17.5 Å². The highest BCUT2D eigenvalue weighted by Crippen LogP contribution is 2.25. The maximum Gasteiger partial charge on any atom is 0.226 e. The van der Waals surface area contributed by atoms with E-state index < -0.39 is 5.82 Å².